The predicted molar refractivity (Wildman–Crippen MR) is 82.4 cm³/mol. The number of nitrogens with zero attached hydrogens (tertiary/aromatic N) is 4. The number of aromatic nitrogens is 3. The third-order valence-electron chi connectivity index (χ3n) is 3.25. The number of hydrogen-bond donors (Lipinski definition) is 1. The molecule has 7 nitrogen and oxygen atoms in total. The lowest BCUT2D eigenvalue weighted by Crippen LogP contribution is -2.01. The van der Waals surface area contributed by atoms with Gasteiger partial charge in [-0.3, -0.25) is 10.1 Å². The van der Waals surface area contributed by atoms with Crippen molar-refractivity contribution >= 4 is 17.2 Å². The van der Waals surface area contributed by atoms with E-state index >= 15 is 0 Å². The second-order valence-corrected chi connectivity index (χ2v) is 4.83. The number of aryl methyl sites for hydroxylation is 1. The molecule has 0 saturated carbocycles. The molecule has 3 rings (SSSR count). The van der Waals surface area contributed by atoms with Gasteiger partial charge >= 0.3 is 5.69 Å². The Morgan fingerprint density at radius 2 is 2.09 bits per heavy atom. The lowest BCUT2D eigenvalue weighted by molar-refractivity contribution is -0.384. The molecule has 0 aliphatic rings. The summed E-state index contributed by atoms with van der Waals surface area (Å²) in [4.78, 5) is 14.7. The molecule has 1 N–H and O–H groups in total. The molecule has 0 fully saturated rings. The second-order valence-electron chi connectivity index (χ2n) is 4.83. The highest BCUT2D eigenvalue weighted by Gasteiger charge is 2.19. The maximum atomic E-state index is 13.8. The van der Waals surface area contributed by atoms with Crippen LogP contribution in [0.4, 0.5) is 21.6 Å². The summed E-state index contributed by atoms with van der Waals surface area (Å²) in [5.41, 5.74) is 1.14. The predicted octanol–water partition coefficient (Wildman–Crippen LogP) is 3.37. The summed E-state index contributed by atoms with van der Waals surface area (Å²) in [6, 6.07) is 7.75. The monoisotopic (exact) mass is 313 g/mol. The van der Waals surface area contributed by atoms with E-state index in [1.807, 2.05) is 0 Å². The van der Waals surface area contributed by atoms with Gasteiger partial charge in [-0.1, -0.05) is 12.1 Å². The first-order valence-corrected chi connectivity index (χ1v) is 6.73. The van der Waals surface area contributed by atoms with E-state index in [1.165, 1.54) is 29.3 Å². The lowest BCUT2D eigenvalue weighted by atomic mass is 10.2. The number of pyridine rings is 1. The van der Waals surface area contributed by atoms with E-state index in [4.69, 9.17) is 0 Å². The number of benzene rings is 1. The van der Waals surface area contributed by atoms with Gasteiger partial charge in [-0.05, 0) is 25.1 Å². The van der Waals surface area contributed by atoms with Crippen LogP contribution in [0.5, 0.6) is 0 Å². The Morgan fingerprint density at radius 3 is 2.83 bits per heavy atom. The summed E-state index contributed by atoms with van der Waals surface area (Å²) in [7, 11) is 0. The van der Waals surface area contributed by atoms with Crippen molar-refractivity contribution in [1.82, 2.24) is 14.8 Å². The first kappa shape index (κ1) is 14.6. The van der Waals surface area contributed by atoms with Gasteiger partial charge in [-0.2, -0.15) is 5.10 Å². The quantitative estimate of drug-likeness (QED) is 0.589. The number of hydrogen-bond acceptors (Lipinski definition) is 5. The second kappa shape index (κ2) is 5.84. The van der Waals surface area contributed by atoms with Crippen LogP contribution in [0.3, 0.4) is 0 Å². The topological polar surface area (TPSA) is 85.9 Å². The molecule has 0 atom stereocenters. The third-order valence-corrected chi connectivity index (χ3v) is 3.25. The summed E-state index contributed by atoms with van der Waals surface area (Å²) in [6.45, 7) is 1.63. The van der Waals surface area contributed by atoms with Gasteiger partial charge in [-0.25, -0.2) is 14.1 Å². The molecular weight excluding hydrogens is 301 g/mol. The van der Waals surface area contributed by atoms with Gasteiger partial charge < -0.3 is 5.32 Å². The Morgan fingerprint density at radius 1 is 1.30 bits per heavy atom. The minimum absolute atomic E-state index is 0.105. The SMILES string of the molecule is Cc1ccnc(Nc2cnn(-c3ccccc3F)c2)c1[N+](=O)[O-]. The van der Waals surface area contributed by atoms with Gasteiger partial charge in [0.15, 0.2) is 0 Å². The Balaban J connectivity index is 1.93. The highest BCUT2D eigenvalue weighted by Crippen LogP contribution is 2.28. The van der Waals surface area contributed by atoms with Crippen molar-refractivity contribution in [3.05, 3.63) is 70.4 Å². The summed E-state index contributed by atoms with van der Waals surface area (Å²) < 4.78 is 15.1. The molecule has 0 spiro atoms. The van der Waals surface area contributed by atoms with Crippen molar-refractivity contribution < 1.29 is 9.31 Å². The first-order chi connectivity index (χ1) is 11.1. The van der Waals surface area contributed by atoms with Crippen LogP contribution in [-0.4, -0.2) is 19.7 Å². The van der Waals surface area contributed by atoms with Crippen LogP contribution in [0.25, 0.3) is 5.69 Å². The number of nitrogens with one attached hydrogen (secondary N) is 1. The molecule has 0 amide bonds. The zero-order valence-electron chi connectivity index (χ0n) is 12.1. The average molecular weight is 313 g/mol. The minimum Gasteiger partial charge on any atom is -0.332 e. The number of para-hydroxylation sites is 1. The molecule has 8 heteroatoms. The summed E-state index contributed by atoms with van der Waals surface area (Å²) in [6.07, 6.45) is 4.46. The smallest absolute Gasteiger partial charge is 0.314 e. The third kappa shape index (κ3) is 2.86. The zero-order chi connectivity index (χ0) is 16.4. The first-order valence-electron chi connectivity index (χ1n) is 6.73. The Bertz CT molecular complexity index is 878. The molecule has 0 unspecified atom stereocenters. The number of anilines is 2. The summed E-state index contributed by atoms with van der Waals surface area (Å²) >= 11 is 0. The van der Waals surface area contributed by atoms with Crippen molar-refractivity contribution in [2.45, 2.75) is 6.92 Å². The fraction of sp³-hybridized carbons (Fsp3) is 0.0667. The molecule has 0 bridgehead atoms. The normalized spacial score (nSPS) is 10.5. The number of halogens is 1. The molecule has 2 heterocycles. The van der Waals surface area contributed by atoms with Crippen LogP contribution in [0.15, 0.2) is 48.9 Å². The molecule has 0 aliphatic carbocycles. The maximum Gasteiger partial charge on any atom is 0.314 e. The minimum atomic E-state index is -0.494. The van der Waals surface area contributed by atoms with Gasteiger partial charge in [0.1, 0.15) is 11.5 Å². The molecular formula is C15H12FN5O2. The van der Waals surface area contributed by atoms with Crippen LogP contribution >= 0.6 is 0 Å². The number of rotatable bonds is 4. The maximum absolute atomic E-state index is 13.8. The molecule has 3 aromatic rings. The van der Waals surface area contributed by atoms with Gasteiger partial charge in [0.05, 0.1) is 23.0 Å². The van der Waals surface area contributed by atoms with Gasteiger partial charge in [0.25, 0.3) is 0 Å². The van der Waals surface area contributed by atoms with Gasteiger partial charge in [0, 0.05) is 11.8 Å². The molecule has 23 heavy (non-hydrogen) atoms. The standard InChI is InChI=1S/C15H12FN5O2/c1-10-6-7-17-15(14(10)21(22)23)19-11-8-18-20(9-11)13-5-3-2-4-12(13)16/h2-9H,1H3,(H,17,19). The molecule has 1 aromatic carbocycles. The molecule has 0 saturated heterocycles. The number of nitro groups is 1. The fourth-order valence-corrected chi connectivity index (χ4v) is 2.17. The van der Waals surface area contributed by atoms with E-state index in [9.17, 15) is 14.5 Å². The zero-order valence-corrected chi connectivity index (χ0v) is 12.1. The highest BCUT2D eigenvalue weighted by atomic mass is 19.1. The largest absolute Gasteiger partial charge is 0.332 e. The molecule has 0 radical (unpaired) electrons. The van der Waals surface area contributed by atoms with E-state index in [0.717, 1.165) is 0 Å². The highest BCUT2D eigenvalue weighted by molar-refractivity contribution is 5.67. The van der Waals surface area contributed by atoms with Crippen LogP contribution in [0.1, 0.15) is 5.56 Å². The Labute approximate surface area is 130 Å². The van der Waals surface area contributed by atoms with Crippen LogP contribution < -0.4 is 5.32 Å². The molecule has 0 aliphatic heterocycles. The van der Waals surface area contributed by atoms with Crippen LogP contribution in [-0.2, 0) is 0 Å². The summed E-state index contributed by atoms with van der Waals surface area (Å²) in [5.74, 6) is -0.301. The van der Waals surface area contributed by atoms with Crippen molar-refractivity contribution in [1.29, 1.82) is 0 Å². The Hall–Kier alpha value is -3.29. The van der Waals surface area contributed by atoms with Gasteiger partial charge in [0.2, 0.25) is 5.82 Å². The van der Waals surface area contributed by atoms with Crippen LogP contribution in [0.2, 0.25) is 0 Å². The van der Waals surface area contributed by atoms with Crippen LogP contribution in [0, 0.1) is 22.9 Å². The molecule has 2 aromatic heterocycles. The van der Waals surface area contributed by atoms with E-state index in [-0.39, 0.29) is 17.2 Å². The van der Waals surface area contributed by atoms with Gasteiger partial charge in [-0.15, -0.1) is 0 Å². The lowest BCUT2D eigenvalue weighted by Gasteiger charge is -2.05. The van der Waals surface area contributed by atoms with E-state index in [1.54, 1.807) is 31.2 Å². The van der Waals surface area contributed by atoms with Crippen molar-refractivity contribution in [2.75, 3.05) is 5.32 Å². The average Bonchev–Trinajstić information content (AvgIpc) is 2.95. The molecule has 116 valence electrons. The summed E-state index contributed by atoms with van der Waals surface area (Å²) in [5, 5.41) is 18.1. The van der Waals surface area contributed by atoms with Crippen molar-refractivity contribution in [2.24, 2.45) is 0 Å². The van der Waals surface area contributed by atoms with E-state index < -0.39 is 10.7 Å². The van der Waals surface area contributed by atoms with E-state index in [0.29, 0.717) is 11.3 Å². The van der Waals surface area contributed by atoms with Crippen molar-refractivity contribution in [3.63, 3.8) is 0 Å². The fourth-order valence-electron chi connectivity index (χ4n) is 2.17. The Kier molecular flexibility index (Phi) is 3.71. The van der Waals surface area contributed by atoms with E-state index in [2.05, 4.69) is 15.4 Å². The van der Waals surface area contributed by atoms with Crippen molar-refractivity contribution in [3.8, 4) is 5.69 Å².